The third-order valence-electron chi connectivity index (χ3n) is 4.30. The summed E-state index contributed by atoms with van der Waals surface area (Å²) in [5.74, 6) is 1.54. The van der Waals surface area contributed by atoms with Gasteiger partial charge < -0.3 is 10.1 Å². The Morgan fingerprint density at radius 1 is 1.08 bits per heavy atom. The van der Waals surface area contributed by atoms with E-state index in [0.717, 1.165) is 17.7 Å². The molecule has 1 aliphatic heterocycles. The maximum atomic E-state index is 10.9. The van der Waals surface area contributed by atoms with Crippen LogP contribution in [-0.4, -0.2) is 21.7 Å². The number of fused-ring (bicyclic) bond motifs is 1. The Kier molecular flexibility index (Phi) is 4.18. The van der Waals surface area contributed by atoms with Crippen molar-refractivity contribution in [1.29, 1.82) is 0 Å². The van der Waals surface area contributed by atoms with Gasteiger partial charge in [-0.15, -0.1) is 10.2 Å². The second-order valence-electron chi connectivity index (χ2n) is 5.98. The van der Waals surface area contributed by atoms with Crippen molar-refractivity contribution in [3.05, 3.63) is 76.3 Å². The third-order valence-corrected chi connectivity index (χ3v) is 4.30. The highest BCUT2D eigenvalue weighted by atomic mass is 16.6. The van der Waals surface area contributed by atoms with Crippen LogP contribution in [0.4, 0.5) is 11.5 Å². The number of anilines is 1. The summed E-state index contributed by atoms with van der Waals surface area (Å²) in [6.07, 6.45) is 0.839. The predicted octanol–water partition coefficient (Wildman–Crippen LogP) is 3.99. The lowest BCUT2D eigenvalue weighted by atomic mass is 10.0. The van der Waals surface area contributed by atoms with Gasteiger partial charge in [-0.05, 0) is 18.2 Å². The second kappa shape index (κ2) is 6.79. The lowest BCUT2D eigenvalue weighted by Crippen LogP contribution is -2.20. The number of nitro groups is 1. The number of non-ortho nitro benzene ring substituents is 1. The van der Waals surface area contributed by atoms with Crippen LogP contribution >= 0.6 is 0 Å². The molecule has 1 aliphatic rings. The molecule has 0 saturated heterocycles. The highest BCUT2D eigenvalue weighted by molar-refractivity contribution is 5.62. The number of aromatic nitrogens is 2. The lowest BCUT2D eigenvalue weighted by molar-refractivity contribution is -0.384. The van der Waals surface area contributed by atoms with Gasteiger partial charge >= 0.3 is 0 Å². The van der Waals surface area contributed by atoms with E-state index in [1.807, 2.05) is 30.3 Å². The first-order chi connectivity index (χ1) is 12.7. The Balaban J connectivity index is 1.54. The highest BCUT2D eigenvalue weighted by Gasteiger charge is 2.21. The average Bonchev–Trinajstić information content (AvgIpc) is 2.69. The van der Waals surface area contributed by atoms with Crippen molar-refractivity contribution < 1.29 is 9.66 Å². The number of hydrogen-bond donors (Lipinski definition) is 1. The normalized spacial score (nSPS) is 15.6. The Labute approximate surface area is 149 Å². The maximum Gasteiger partial charge on any atom is 0.270 e. The fourth-order valence-electron chi connectivity index (χ4n) is 3.01. The van der Waals surface area contributed by atoms with Crippen molar-refractivity contribution in [3.8, 4) is 17.0 Å². The van der Waals surface area contributed by atoms with Crippen molar-refractivity contribution in [2.75, 3.05) is 11.9 Å². The van der Waals surface area contributed by atoms with Crippen LogP contribution in [0.5, 0.6) is 5.75 Å². The minimum Gasteiger partial charge on any atom is -0.493 e. The van der Waals surface area contributed by atoms with Crippen LogP contribution in [0.25, 0.3) is 11.3 Å². The molecule has 7 nitrogen and oxygen atoms in total. The SMILES string of the molecule is O=[N+]([O-])c1cccc(-c2ccc(NC3CCOc4ccccc43)nn2)c1. The number of benzene rings is 2. The minimum atomic E-state index is -0.421. The molecule has 2 heterocycles. The summed E-state index contributed by atoms with van der Waals surface area (Å²) in [7, 11) is 0. The van der Waals surface area contributed by atoms with Crippen LogP contribution in [0.15, 0.2) is 60.7 Å². The second-order valence-corrected chi connectivity index (χ2v) is 5.98. The van der Waals surface area contributed by atoms with E-state index >= 15 is 0 Å². The molecule has 0 spiro atoms. The van der Waals surface area contributed by atoms with Crippen molar-refractivity contribution >= 4 is 11.5 Å². The monoisotopic (exact) mass is 348 g/mol. The van der Waals surface area contributed by atoms with Gasteiger partial charge in [0.1, 0.15) is 11.6 Å². The largest absolute Gasteiger partial charge is 0.493 e. The molecule has 1 N–H and O–H groups in total. The molecule has 0 amide bonds. The van der Waals surface area contributed by atoms with E-state index in [1.165, 1.54) is 12.1 Å². The van der Waals surface area contributed by atoms with Gasteiger partial charge in [-0.25, -0.2) is 0 Å². The molecular formula is C19H16N4O3. The Hall–Kier alpha value is -3.48. The van der Waals surface area contributed by atoms with E-state index in [4.69, 9.17) is 4.74 Å². The van der Waals surface area contributed by atoms with E-state index in [-0.39, 0.29) is 11.7 Å². The van der Waals surface area contributed by atoms with Crippen LogP contribution in [0, 0.1) is 10.1 Å². The van der Waals surface area contributed by atoms with E-state index in [1.54, 1.807) is 18.2 Å². The van der Waals surface area contributed by atoms with Gasteiger partial charge in [0.2, 0.25) is 0 Å². The van der Waals surface area contributed by atoms with E-state index in [0.29, 0.717) is 23.7 Å². The predicted molar refractivity (Wildman–Crippen MR) is 97.0 cm³/mol. The van der Waals surface area contributed by atoms with Crippen LogP contribution in [-0.2, 0) is 0 Å². The summed E-state index contributed by atoms with van der Waals surface area (Å²) in [6.45, 7) is 0.647. The van der Waals surface area contributed by atoms with Gasteiger partial charge in [-0.1, -0.05) is 30.3 Å². The fraction of sp³-hybridized carbons (Fsp3) is 0.158. The first-order valence-electron chi connectivity index (χ1n) is 8.27. The van der Waals surface area contributed by atoms with Crippen molar-refractivity contribution in [2.45, 2.75) is 12.5 Å². The number of ether oxygens (including phenoxy) is 1. The van der Waals surface area contributed by atoms with Gasteiger partial charge in [-0.2, -0.15) is 0 Å². The number of para-hydroxylation sites is 1. The summed E-state index contributed by atoms with van der Waals surface area (Å²) in [5, 5.41) is 22.7. The molecule has 1 unspecified atom stereocenters. The van der Waals surface area contributed by atoms with Crippen LogP contribution < -0.4 is 10.1 Å². The molecule has 3 aromatic rings. The summed E-state index contributed by atoms with van der Waals surface area (Å²) in [4.78, 5) is 10.5. The van der Waals surface area contributed by atoms with Crippen LogP contribution in [0.3, 0.4) is 0 Å². The number of nitro benzene ring substituents is 1. The number of nitrogens with one attached hydrogen (secondary N) is 1. The first-order valence-corrected chi connectivity index (χ1v) is 8.27. The highest BCUT2D eigenvalue weighted by Crippen LogP contribution is 2.33. The Morgan fingerprint density at radius 3 is 2.77 bits per heavy atom. The smallest absolute Gasteiger partial charge is 0.270 e. The standard InChI is InChI=1S/C19H16N4O3/c24-23(25)14-5-3-4-13(12-14)16-8-9-19(22-21-16)20-17-10-11-26-18-7-2-1-6-15(17)18/h1-9,12,17H,10-11H2,(H,20,22). The van der Waals surface area contributed by atoms with Crippen LogP contribution in [0.1, 0.15) is 18.0 Å². The molecule has 130 valence electrons. The molecule has 0 radical (unpaired) electrons. The van der Waals surface area contributed by atoms with E-state index in [9.17, 15) is 10.1 Å². The summed E-state index contributed by atoms with van der Waals surface area (Å²) >= 11 is 0. The molecule has 0 saturated carbocycles. The van der Waals surface area contributed by atoms with E-state index < -0.39 is 4.92 Å². The quantitative estimate of drug-likeness (QED) is 0.566. The summed E-state index contributed by atoms with van der Waals surface area (Å²) < 4.78 is 5.67. The van der Waals surface area contributed by atoms with Crippen molar-refractivity contribution in [2.24, 2.45) is 0 Å². The molecule has 26 heavy (non-hydrogen) atoms. The third kappa shape index (κ3) is 3.19. The van der Waals surface area contributed by atoms with Gasteiger partial charge in [0.25, 0.3) is 5.69 Å². The number of nitrogens with zero attached hydrogens (tertiary/aromatic N) is 3. The minimum absolute atomic E-state index is 0.0327. The number of hydrogen-bond acceptors (Lipinski definition) is 6. The Bertz CT molecular complexity index is 944. The van der Waals surface area contributed by atoms with Crippen LogP contribution in [0.2, 0.25) is 0 Å². The molecule has 0 fully saturated rings. The molecule has 0 aliphatic carbocycles. The summed E-state index contributed by atoms with van der Waals surface area (Å²) in [6, 6.07) is 18.0. The molecule has 7 heteroatoms. The molecule has 0 bridgehead atoms. The Morgan fingerprint density at radius 2 is 1.96 bits per heavy atom. The number of rotatable bonds is 4. The van der Waals surface area contributed by atoms with E-state index in [2.05, 4.69) is 15.5 Å². The first kappa shape index (κ1) is 16.0. The molecule has 2 aromatic carbocycles. The maximum absolute atomic E-state index is 10.9. The zero-order valence-corrected chi connectivity index (χ0v) is 13.8. The summed E-state index contributed by atoms with van der Waals surface area (Å²) in [5.41, 5.74) is 2.38. The molecule has 1 atom stereocenters. The molecule has 4 rings (SSSR count). The van der Waals surface area contributed by atoms with Gasteiger partial charge in [-0.3, -0.25) is 10.1 Å². The van der Waals surface area contributed by atoms with Crippen molar-refractivity contribution in [1.82, 2.24) is 10.2 Å². The fourth-order valence-corrected chi connectivity index (χ4v) is 3.01. The topological polar surface area (TPSA) is 90.2 Å². The molecular weight excluding hydrogens is 332 g/mol. The molecule has 1 aromatic heterocycles. The zero-order chi connectivity index (χ0) is 17.9. The average molecular weight is 348 g/mol. The van der Waals surface area contributed by atoms with Gasteiger partial charge in [0.05, 0.1) is 23.3 Å². The van der Waals surface area contributed by atoms with Gasteiger partial charge in [0, 0.05) is 29.7 Å². The lowest BCUT2D eigenvalue weighted by Gasteiger charge is -2.26. The zero-order valence-electron chi connectivity index (χ0n) is 13.8. The van der Waals surface area contributed by atoms with Gasteiger partial charge in [0.15, 0.2) is 0 Å². The van der Waals surface area contributed by atoms with Crippen molar-refractivity contribution in [3.63, 3.8) is 0 Å².